The van der Waals surface area contributed by atoms with Crippen LogP contribution in [0.4, 0.5) is 0 Å². The number of piperidine rings is 1. The van der Waals surface area contributed by atoms with Gasteiger partial charge in [0.1, 0.15) is 0 Å². The summed E-state index contributed by atoms with van der Waals surface area (Å²) in [7, 11) is 0. The summed E-state index contributed by atoms with van der Waals surface area (Å²) in [5.74, 6) is 0.366. The van der Waals surface area contributed by atoms with Crippen molar-refractivity contribution in [3.63, 3.8) is 0 Å². The fourth-order valence-corrected chi connectivity index (χ4v) is 5.17. The number of amides is 1. The predicted octanol–water partition coefficient (Wildman–Crippen LogP) is 3.88. The first kappa shape index (κ1) is 21.9. The van der Waals surface area contributed by atoms with E-state index >= 15 is 0 Å². The molecule has 0 radical (unpaired) electrons. The normalized spacial score (nSPS) is 17.5. The number of pyridine rings is 1. The van der Waals surface area contributed by atoms with Crippen molar-refractivity contribution in [1.82, 2.24) is 14.8 Å². The number of hydrogen-bond acceptors (Lipinski definition) is 4. The number of fused-ring (bicyclic) bond motifs is 1. The standard InChI is InChI=1S/C23H33N3O2S/c1-3-18-10-7-8-14-25(18)15-9-13-24-22(27)17-29-21-16-23(28)26(4-2)20-12-6-5-11-19(20)21/h5-6,11-12,16,18H,3-4,7-10,13-15,17H2,1-2H3,(H,24,27)/t18-/m1/s1. The molecule has 3 rings (SSSR count). The van der Waals surface area contributed by atoms with Gasteiger partial charge in [-0.3, -0.25) is 9.59 Å². The fraction of sp³-hybridized carbons (Fsp3) is 0.565. The number of aryl methyl sites for hydroxylation is 1. The van der Waals surface area contributed by atoms with Crippen molar-refractivity contribution < 1.29 is 4.79 Å². The van der Waals surface area contributed by atoms with Crippen molar-refractivity contribution in [1.29, 1.82) is 0 Å². The van der Waals surface area contributed by atoms with E-state index in [2.05, 4.69) is 17.1 Å². The average Bonchev–Trinajstić information content (AvgIpc) is 2.75. The van der Waals surface area contributed by atoms with Crippen LogP contribution in [0.3, 0.4) is 0 Å². The molecule has 1 amide bonds. The summed E-state index contributed by atoms with van der Waals surface area (Å²) in [5.41, 5.74) is 0.915. The van der Waals surface area contributed by atoms with Gasteiger partial charge in [-0.05, 0) is 45.2 Å². The maximum absolute atomic E-state index is 12.4. The lowest BCUT2D eigenvalue weighted by Crippen LogP contribution is -2.40. The highest BCUT2D eigenvalue weighted by Crippen LogP contribution is 2.26. The Hall–Kier alpha value is -1.79. The van der Waals surface area contributed by atoms with Crippen LogP contribution in [-0.4, -0.2) is 46.8 Å². The van der Waals surface area contributed by atoms with Gasteiger partial charge >= 0.3 is 0 Å². The largest absolute Gasteiger partial charge is 0.355 e. The predicted molar refractivity (Wildman–Crippen MR) is 122 cm³/mol. The topological polar surface area (TPSA) is 54.3 Å². The summed E-state index contributed by atoms with van der Waals surface area (Å²) in [6, 6.07) is 10.3. The smallest absolute Gasteiger partial charge is 0.252 e. The van der Waals surface area contributed by atoms with Crippen LogP contribution >= 0.6 is 11.8 Å². The van der Waals surface area contributed by atoms with E-state index in [1.165, 1.54) is 44.0 Å². The summed E-state index contributed by atoms with van der Waals surface area (Å²) < 4.78 is 1.77. The Labute approximate surface area is 177 Å². The second kappa shape index (κ2) is 10.8. The first-order valence-electron chi connectivity index (χ1n) is 10.9. The molecule has 6 heteroatoms. The zero-order valence-electron chi connectivity index (χ0n) is 17.7. The van der Waals surface area contributed by atoms with Gasteiger partial charge in [0.15, 0.2) is 0 Å². The number of likely N-dealkylation sites (tertiary alicyclic amines) is 1. The molecule has 0 bridgehead atoms. The number of aromatic nitrogens is 1. The van der Waals surface area contributed by atoms with E-state index in [0.29, 0.717) is 24.9 Å². The number of nitrogens with one attached hydrogen (secondary N) is 1. The average molecular weight is 416 g/mol. The van der Waals surface area contributed by atoms with Gasteiger partial charge < -0.3 is 14.8 Å². The molecular formula is C23H33N3O2S. The number of nitrogens with zero attached hydrogens (tertiary/aromatic N) is 2. The van der Waals surface area contributed by atoms with Crippen LogP contribution < -0.4 is 10.9 Å². The molecular weight excluding hydrogens is 382 g/mol. The summed E-state index contributed by atoms with van der Waals surface area (Å²) in [4.78, 5) is 28.2. The van der Waals surface area contributed by atoms with Crippen LogP contribution in [0.15, 0.2) is 40.0 Å². The van der Waals surface area contributed by atoms with E-state index in [0.717, 1.165) is 28.8 Å². The van der Waals surface area contributed by atoms with Crippen LogP contribution in [0, 0.1) is 0 Å². The van der Waals surface area contributed by atoms with Crippen molar-refractivity contribution in [3.05, 3.63) is 40.7 Å². The summed E-state index contributed by atoms with van der Waals surface area (Å²) in [5, 5.41) is 4.07. The minimum absolute atomic E-state index is 0.0129. The first-order chi connectivity index (χ1) is 14.1. The van der Waals surface area contributed by atoms with Crippen LogP contribution in [0.2, 0.25) is 0 Å². The molecule has 0 unspecified atom stereocenters. The van der Waals surface area contributed by atoms with Gasteiger partial charge in [0.05, 0.1) is 11.3 Å². The third-order valence-electron chi connectivity index (χ3n) is 5.82. The maximum Gasteiger partial charge on any atom is 0.252 e. The molecule has 1 aromatic heterocycles. The Morgan fingerprint density at radius 2 is 2.07 bits per heavy atom. The molecule has 1 N–H and O–H groups in total. The Kier molecular flexibility index (Phi) is 8.19. The highest BCUT2D eigenvalue weighted by atomic mass is 32.2. The fourth-order valence-electron chi connectivity index (χ4n) is 4.27. The zero-order chi connectivity index (χ0) is 20.6. The highest BCUT2D eigenvalue weighted by molar-refractivity contribution is 8.00. The van der Waals surface area contributed by atoms with E-state index in [1.54, 1.807) is 10.6 Å². The summed E-state index contributed by atoms with van der Waals surface area (Å²) in [6.45, 7) is 7.85. The van der Waals surface area contributed by atoms with Gasteiger partial charge in [0.25, 0.3) is 5.56 Å². The summed E-state index contributed by atoms with van der Waals surface area (Å²) in [6.07, 6.45) is 6.16. The van der Waals surface area contributed by atoms with Crippen LogP contribution in [0.5, 0.6) is 0 Å². The second-order valence-corrected chi connectivity index (χ2v) is 8.71. The van der Waals surface area contributed by atoms with Crippen molar-refractivity contribution >= 4 is 28.6 Å². The minimum Gasteiger partial charge on any atom is -0.355 e. The number of benzene rings is 1. The van der Waals surface area contributed by atoms with Gasteiger partial charge in [-0.2, -0.15) is 0 Å². The van der Waals surface area contributed by atoms with Gasteiger partial charge in [0.2, 0.25) is 5.91 Å². The molecule has 1 atom stereocenters. The molecule has 158 valence electrons. The SMILES string of the molecule is CC[C@@H]1CCCCN1CCCNC(=O)CSc1cc(=O)n(CC)c2ccccc12. The van der Waals surface area contributed by atoms with E-state index in [9.17, 15) is 9.59 Å². The molecule has 5 nitrogen and oxygen atoms in total. The second-order valence-electron chi connectivity index (χ2n) is 7.69. The van der Waals surface area contributed by atoms with Crippen molar-refractivity contribution in [2.75, 3.05) is 25.4 Å². The molecule has 1 aliphatic rings. The zero-order valence-corrected chi connectivity index (χ0v) is 18.5. The van der Waals surface area contributed by atoms with E-state index in [-0.39, 0.29) is 11.5 Å². The third-order valence-corrected chi connectivity index (χ3v) is 6.88. The molecule has 1 aromatic carbocycles. The highest BCUT2D eigenvalue weighted by Gasteiger charge is 2.19. The molecule has 0 aliphatic carbocycles. The Morgan fingerprint density at radius 1 is 1.24 bits per heavy atom. The molecule has 0 spiro atoms. The molecule has 0 saturated carbocycles. The Bertz CT molecular complexity index is 880. The molecule has 2 aromatic rings. The lowest BCUT2D eigenvalue weighted by molar-refractivity contribution is -0.118. The van der Waals surface area contributed by atoms with Crippen LogP contribution in [0.1, 0.15) is 46.0 Å². The van der Waals surface area contributed by atoms with Crippen molar-refractivity contribution in [2.24, 2.45) is 0 Å². The quantitative estimate of drug-likeness (QED) is 0.499. The van der Waals surface area contributed by atoms with Crippen LogP contribution in [-0.2, 0) is 11.3 Å². The van der Waals surface area contributed by atoms with Gasteiger partial charge in [-0.1, -0.05) is 31.5 Å². The van der Waals surface area contributed by atoms with Crippen molar-refractivity contribution in [3.8, 4) is 0 Å². The number of carbonyl (C=O) groups is 1. The van der Waals surface area contributed by atoms with Gasteiger partial charge in [-0.15, -0.1) is 11.8 Å². The maximum atomic E-state index is 12.4. The minimum atomic E-state index is -0.0129. The monoisotopic (exact) mass is 415 g/mol. The number of rotatable bonds is 9. The van der Waals surface area contributed by atoms with Gasteiger partial charge in [-0.25, -0.2) is 0 Å². The van der Waals surface area contributed by atoms with Crippen LogP contribution in [0.25, 0.3) is 10.9 Å². The third kappa shape index (κ3) is 5.64. The number of para-hydroxylation sites is 1. The van der Waals surface area contributed by atoms with E-state index in [4.69, 9.17) is 0 Å². The lowest BCUT2D eigenvalue weighted by atomic mass is 10.00. The molecule has 1 saturated heterocycles. The first-order valence-corrected chi connectivity index (χ1v) is 11.9. The number of carbonyl (C=O) groups excluding carboxylic acids is 1. The number of thioether (sulfide) groups is 1. The lowest BCUT2D eigenvalue weighted by Gasteiger charge is -2.35. The summed E-state index contributed by atoms with van der Waals surface area (Å²) >= 11 is 1.45. The Balaban J connectivity index is 1.49. The number of hydrogen-bond donors (Lipinski definition) is 1. The van der Waals surface area contributed by atoms with E-state index < -0.39 is 0 Å². The Morgan fingerprint density at radius 3 is 2.86 bits per heavy atom. The molecule has 29 heavy (non-hydrogen) atoms. The molecule has 2 heterocycles. The van der Waals surface area contributed by atoms with Gasteiger partial charge in [0, 0.05) is 42.0 Å². The molecule has 1 aliphatic heterocycles. The van der Waals surface area contributed by atoms with Crippen molar-refractivity contribution in [2.45, 2.75) is 63.4 Å². The van der Waals surface area contributed by atoms with E-state index in [1.807, 2.05) is 31.2 Å². The molecule has 1 fully saturated rings.